The van der Waals surface area contributed by atoms with Gasteiger partial charge in [-0.3, -0.25) is 0 Å². The standard InChI is InChI=1S/C15H16F3NO2S2/c1-12-3-2-4-13(7-12)10-23(20,21)19(11-15(16,17)18)8-14-5-6-22-9-14/h2-7,9H,8,10-11H2,1H3. The molecular formula is C15H16F3NO2S2. The third-order valence-corrected chi connectivity index (χ3v) is 5.59. The minimum atomic E-state index is -4.59. The molecule has 23 heavy (non-hydrogen) atoms. The molecule has 0 unspecified atom stereocenters. The fourth-order valence-corrected chi connectivity index (χ4v) is 4.27. The van der Waals surface area contributed by atoms with Gasteiger partial charge in [-0.05, 0) is 34.9 Å². The number of halogens is 3. The van der Waals surface area contributed by atoms with Gasteiger partial charge in [0, 0.05) is 6.54 Å². The highest BCUT2D eigenvalue weighted by molar-refractivity contribution is 7.88. The average molecular weight is 363 g/mol. The predicted octanol–water partition coefficient (Wildman–Crippen LogP) is 3.95. The molecule has 2 rings (SSSR count). The Labute approximate surface area is 137 Å². The van der Waals surface area contributed by atoms with Gasteiger partial charge in [0.2, 0.25) is 10.0 Å². The van der Waals surface area contributed by atoms with Crippen LogP contribution < -0.4 is 0 Å². The summed E-state index contributed by atoms with van der Waals surface area (Å²) in [4.78, 5) is 0. The van der Waals surface area contributed by atoms with Crippen LogP contribution in [0.4, 0.5) is 13.2 Å². The van der Waals surface area contributed by atoms with Gasteiger partial charge in [-0.2, -0.15) is 28.8 Å². The Morgan fingerprint density at radius 1 is 1.17 bits per heavy atom. The van der Waals surface area contributed by atoms with E-state index in [9.17, 15) is 21.6 Å². The summed E-state index contributed by atoms with van der Waals surface area (Å²) in [6, 6.07) is 8.37. The molecule has 0 aliphatic heterocycles. The third kappa shape index (κ3) is 5.63. The average Bonchev–Trinajstić information content (AvgIpc) is 2.88. The predicted molar refractivity (Wildman–Crippen MR) is 84.6 cm³/mol. The number of benzene rings is 1. The van der Waals surface area contributed by atoms with Crippen LogP contribution in [0.1, 0.15) is 16.7 Å². The summed E-state index contributed by atoms with van der Waals surface area (Å²) in [7, 11) is -4.08. The molecule has 1 aromatic heterocycles. The first-order valence-corrected chi connectivity index (χ1v) is 9.32. The molecule has 1 aromatic carbocycles. The first-order chi connectivity index (χ1) is 10.7. The van der Waals surface area contributed by atoms with Crippen LogP contribution in [-0.4, -0.2) is 25.4 Å². The van der Waals surface area contributed by atoms with Crippen molar-refractivity contribution in [3.05, 3.63) is 57.8 Å². The van der Waals surface area contributed by atoms with E-state index in [2.05, 4.69) is 0 Å². The van der Waals surface area contributed by atoms with E-state index in [0.29, 0.717) is 15.4 Å². The van der Waals surface area contributed by atoms with Crippen molar-refractivity contribution in [3.63, 3.8) is 0 Å². The van der Waals surface area contributed by atoms with Crippen molar-refractivity contribution in [1.82, 2.24) is 4.31 Å². The SMILES string of the molecule is Cc1cccc(CS(=O)(=O)N(Cc2ccsc2)CC(F)(F)F)c1. The maximum absolute atomic E-state index is 12.8. The molecule has 0 aliphatic carbocycles. The lowest BCUT2D eigenvalue weighted by Crippen LogP contribution is -2.39. The molecule has 1 heterocycles. The quantitative estimate of drug-likeness (QED) is 0.779. The van der Waals surface area contributed by atoms with Crippen LogP contribution in [-0.2, 0) is 22.3 Å². The molecule has 8 heteroatoms. The second kappa shape index (κ2) is 7.02. The highest BCUT2D eigenvalue weighted by Gasteiger charge is 2.36. The van der Waals surface area contributed by atoms with Crippen molar-refractivity contribution in [2.24, 2.45) is 0 Å². The smallest absolute Gasteiger partial charge is 0.212 e. The highest BCUT2D eigenvalue weighted by Crippen LogP contribution is 2.23. The molecule has 0 aliphatic rings. The summed E-state index contributed by atoms with van der Waals surface area (Å²) in [5.41, 5.74) is 1.88. The summed E-state index contributed by atoms with van der Waals surface area (Å²) >= 11 is 1.31. The first kappa shape index (κ1) is 18.0. The zero-order chi connectivity index (χ0) is 17.1. The van der Waals surface area contributed by atoms with E-state index in [1.54, 1.807) is 48.0 Å². The fourth-order valence-electron chi connectivity index (χ4n) is 2.14. The summed E-state index contributed by atoms with van der Waals surface area (Å²) in [5, 5.41) is 3.35. The topological polar surface area (TPSA) is 37.4 Å². The molecule has 0 atom stereocenters. The van der Waals surface area contributed by atoms with Gasteiger partial charge >= 0.3 is 6.18 Å². The van der Waals surface area contributed by atoms with Crippen molar-refractivity contribution < 1.29 is 21.6 Å². The molecule has 0 N–H and O–H groups in total. The summed E-state index contributed by atoms with van der Waals surface area (Å²) in [6.07, 6.45) is -4.59. The maximum Gasteiger partial charge on any atom is 0.402 e. The Morgan fingerprint density at radius 3 is 2.48 bits per heavy atom. The number of rotatable bonds is 6. The van der Waals surface area contributed by atoms with E-state index in [1.807, 2.05) is 0 Å². The molecule has 0 saturated heterocycles. The highest BCUT2D eigenvalue weighted by atomic mass is 32.2. The Bertz CT molecular complexity index is 740. The van der Waals surface area contributed by atoms with Gasteiger partial charge in [0.15, 0.2) is 0 Å². The summed E-state index contributed by atoms with van der Waals surface area (Å²) < 4.78 is 63.7. The van der Waals surface area contributed by atoms with Crippen LogP contribution >= 0.6 is 11.3 Å². The van der Waals surface area contributed by atoms with E-state index in [4.69, 9.17) is 0 Å². The zero-order valence-electron chi connectivity index (χ0n) is 12.4. The van der Waals surface area contributed by atoms with E-state index < -0.39 is 28.5 Å². The van der Waals surface area contributed by atoms with Gasteiger partial charge in [0.05, 0.1) is 5.75 Å². The molecule has 2 aromatic rings. The van der Waals surface area contributed by atoms with Crippen LogP contribution in [0.5, 0.6) is 0 Å². The number of aryl methyl sites for hydroxylation is 1. The number of hydrogen-bond donors (Lipinski definition) is 0. The molecule has 0 saturated carbocycles. The van der Waals surface area contributed by atoms with E-state index in [1.165, 1.54) is 11.3 Å². The van der Waals surface area contributed by atoms with Crippen LogP contribution in [0.15, 0.2) is 41.1 Å². The minimum Gasteiger partial charge on any atom is -0.212 e. The third-order valence-electron chi connectivity index (χ3n) is 3.12. The summed E-state index contributed by atoms with van der Waals surface area (Å²) in [5.74, 6) is -0.450. The van der Waals surface area contributed by atoms with E-state index in [0.717, 1.165) is 5.56 Å². The number of hydrogen-bond acceptors (Lipinski definition) is 3. The van der Waals surface area contributed by atoms with Gasteiger partial charge < -0.3 is 0 Å². The fraction of sp³-hybridized carbons (Fsp3) is 0.333. The molecular weight excluding hydrogens is 347 g/mol. The minimum absolute atomic E-state index is 0.281. The number of thiophene rings is 1. The lowest BCUT2D eigenvalue weighted by atomic mass is 10.2. The monoisotopic (exact) mass is 363 g/mol. The zero-order valence-corrected chi connectivity index (χ0v) is 14.0. The first-order valence-electron chi connectivity index (χ1n) is 6.77. The molecule has 0 bridgehead atoms. The lowest BCUT2D eigenvalue weighted by molar-refractivity contribution is -0.136. The van der Waals surface area contributed by atoms with Crippen molar-refractivity contribution in [2.75, 3.05) is 6.54 Å². The van der Waals surface area contributed by atoms with Crippen molar-refractivity contribution >= 4 is 21.4 Å². The van der Waals surface area contributed by atoms with Crippen LogP contribution in [0, 0.1) is 6.92 Å². The lowest BCUT2D eigenvalue weighted by Gasteiger charge is -2.23. The maximum atomic E-state index is 12.8. The Morgan fingerprint density at radius 2 is 1.91 bits per heavy atom. The summed E-state index contributed by atoms with van der Waals surface area (Å²) in [6.45, 7) is 0.0309. The largest absolute Gasteiger partial charge is 0.402 e. The van der Waals surface area contributed by atoms with E-state index in [-0.39, 0.29) is 6.54 Å². The number of alkyl halides is 3. The van der Waals surface area contributed by atoms with Gasteiger partial charge in [-0.25, -0.2) is 8.42 Å². The van der Waals surface area contributed by atoms with Crippen LogP contribution in [0.25, 0.3) is 0 Å². The molecule has 0 amide bonds. The number of nitrogens with zero attached hydrogens (tertiary/aromatic N) is 1. The van der Waals surface area contributed by atoms with Crippen LogP contribution in [0.3, 0.4) is 0 Å². The van der Waals surface area contributed by atoms with Crippen LogP contribution in [0.2, 0.25) is 0 Å². The van der Waals surface area contributed by atoms with Crippen molar-refractivity contribution in [2.45, 2.75) is 25.4 Å². The molecule has 0 spiro atoms. The normalized spacial score (nSPS) is 12.7. The second-order valence-electron chi connectivity index (χ2n) is 5.26. The van der Waals surface area contributed by atoms with Crippen molar-refractivity contribution in [1.29, 1.82) is 0 Å². The Balaban J connectivity index is 2.24. The Kier molecular flexibility index (Phi) is 5.49. The molecule has 0 radical (unpaired) electrons. The van der Waals surface area contributed by atoms with Crippen molar-refractivity contribution in [3.8, 4) is 0 Å². The molecule has 3 nitrogen and oxygen atoms in total. The van der Waals surface area contributed by atoms with Gasteiger partial charge in [0.25, 0.3) is 0 Å². The van der Waals surface area contributed by atoms with E-state index >= 15 is 0 Å². The van der Waals surface area contributed by atoms with Gasteiger partial charge in [-0.15, -0.1) is 0 Å². The Hall–Kier alpha value is -1.38. The molecule has 0 fully saturated rings. The second-order valence-corrected chi connectivity index (χ2v) is 8.01. The molecule has 126 valence electrons. The number of sulfonamides is 1. The van der Waals surface area contributed by atoms with Gasteiger partial charge in [-0.1, -0.05) is 29.8 Å². The van der Waals surface area contributed by atoms with Gasteiger partial charge in [0.1, 0.15) is 6.54 Å².